The van der Waals surface area contributed by atoms with Gasteiger partial charge in [0.15, 0.2) is 0 Å². The molecule has 0 radical (unpaired) electrons. The van der Waals surface area contributed by atoms with Gasteiger partial charge in [-0.2, -0.15) is 0 Å². The Morgan fingerprint density at radius 1 is 1.00 bits per heavy atom. The van der Waals surface area contributed by atoms with E-state index in [1.165, 1.54) is 22.3 Å². The highest BCUT2D eigenvalue weighted by molar-refractivity contribution is 5.68. The summed E-state index contributed by atoms with van der Waals surface area (Å²) < 4.78 is 0. The van der Waals surface area contributed by atoms with Gasteiger partial charge in [0.2, 0.25) is 0 Å². The van der Waals surface area contributed by atoms with E-state index in [0.717, 1.165) is 6.42 Å². The normalized spacial score (nSPS) is 10.9. The first-order chi connectivity index (χ1) is 8.72. The first-order valence-electron chi connectivity index (χ1n) is 6.60. The average molecular weight is 239 g/mol. The van der Waals surface area contributed by atoms with Crippen molar-refractivity contribution < 1.29 is 0 Å². The second-order valence-corrected chi connectivity index (χ2v) is 4.98. The molecule has 2 aromatic carbocycles. The second kappa shape index (κ2) is 5.83. The van der Waals surface area contributed by atoms with Crippen molar-refractivity contribution in [1.29, 1.82) is 0 Å². The molecule has 1 heteroatoms. The van der Waals surface area contributed by atoms with E-state index in [9.17, 15) is 0 Å². The molecule has 18 heavy (non-hydrogen) atoms. The molecule has 0 spiro atoms. The van der Waals surface area contributed by atoms with Crippen LogP contribution in [0.2, 0.25) is 0 Å². The fourth-order valence-corrected chi connectivity index (χ4v) is 2.30. The van der Waals surface area contributed by atoms with E-state index in [-0.39, 0.29) is 0 Å². The summed E-state index contributed by atoms with van der Waals surface area (Å²) in [4.78, 5) is 0. The van der Waals surface area contributed by atoms with Crippen LogP contribution in [0.5, 0.6) is 0 Å². The average Bonchev–Trinajstić information content (AvgIpc) is 2.40. The second-order valence-electron chi connectivity index (χ2n) is 4.98. The largest absolute Gasteiger partial charge is 0.330 e. The van der Waals surface area contributed by atoms with Crippen molar-refractivity contribution in [3.8, 4) is 11.1 Å². The highest BCUT2D eigenvalue weighted by atomic mass is 14.5. The molecule has 0 atom stereocenters. The first kappa shape index (κ1) is 12.8. The van der Waals surface area contributed by atoms with E-state index >= 15 is 0 Å². The third-order valence-corrected chi connectivity index (χ3v) is 3.26. The van der Waals surface area contributed by atoms with Crippen LogP contribution >= 0.6 is 0 Å². The molecule has 94 valence electrons. The molecule has 0 fully saturated rings. The van der Waals surface area contributed by atoms with Crippen LogP contribution in [-0.4, -0.2) is 6.54 Å². The molecule has 0 unspecified atom stereocenters. The van der Waals surface area contributed by atoms with Crippen molar-refractivity contribution in [2.45, 2.75) is 26.2 Å². The molecule has 0 heterocycles. The molecule has 0 saturated carbocycles. The Balaban J connectivity index is 2.51. The van der Waals surface area contributed by atoms with Crippen LogP contribution in [-0.2, 0) is 6.42 Å². The smallest absolute Gasteiger partial charge is 0.00367 e. The van der Waals surface area contributed by atoms with Crippen LogP contribution in [0, 0.1) is 0 Å². The van der Waals surface area contributed by atoms with Crippen molar-refractivity contribution in [3.05, 3.63) is 59.7 Å². The van der Waals surface area contributed by atoms with Gasteiger partial charge in [0.25, 0.3) is 0 Å². The van der Waals surface area contributed by atoms with Crippen LogP contribution in [0.1, 0.15) is 30.9 Å². The van der Waals surface area contributed by atoms with E-state index < -0.39 is 0 Å². The van der Waals surface area contributed by atoms with Crippen molar-refractivity contribution in [2.75, 3.05) is 6.54 Å². The van der Waals surface area contributed by atoms with E-state index in [0.29, 0.717) is 12.5 Å². The lowest BCUT2D eigenvalue weighted by molar-refractivity contribution is 0.865. The van der Waals surface area contributed by atoms with Gasteiger partial charge in [-0.15, -0.1) is 0 Å². The topological polar surface area (TPSA) is 26.0 Å². The fourth-order valence-electron chi connectivity index (χ4n) is 2.30. The maximum Gasteiger partial charge on any atom is -0.00367 e. The molecule has 0 aliphatic carbocycles. The van der Waals surface area contributed by atoms with Gasteiger partial charge in [-0.1, -0.05) is 62.4 Å². The molecular formula is C17H21N. The summed E-state index contributed by atoms with van der Waals surface area (Å²) in [6.45, 7) is 5.18. The molecule has 0 aliphatic heterocycles. The van der Waals surface area contributed by atoms with E-state index in [2.05, 4.69) is 62.4 Å². The minimum absolute atomic E-state index is 0.534. The number of rotatable bonds is 4. The number of benzene rings is 2. The monoisotopic (exact) mass is 239 g/mol. The van der Waals surface area contributed by atoms with Gasteiger partial charge < -0.3 is 5.73 Å². The Morgan fingerprint density at radius 2 is 1.72 bits per heavy atom. The van der Waals surface area contributed by atoms with Gasteiger partial charge in [0.05, 0.1) is 0 Å². The Labute approximate surface area is 110 Å². The van der Waals surface area contributed by atoms with Gasteiger partial charge in [0, 0.05) is 0 Å². The van der Waals surface area contributed by atoms with Gasteiger partial charge in [-0.05, 0) is 41.1 Å². The summed E-state index contributed by atoms with van der Waals surface area (Å²) in [5, 5.41) is 0. The summed E-state index contributed by atoms with van der Waals surface area (Å²) in [7, 11) is 0. The molecular weight excluding hydrogens is 218 g/mol. The van der Waals surface area contributed by atoms with E-state index in [4.69, 9.17) is 5.73 Å². The zero-order valence-electron chi connectivity index (χ0n) is 11.2. The van der Waals surface area contributed by atoms with Gasteiger partial charge in [-0.3, -0.25) is 0 Å². The summed E-state index contributed by atoms with van der Waals surface area (Å²) in [5.74, 6) is 0.534. The Kier molecular flexibility index (Phi) is 4.16. The molecule has 0 bridgehead atoms. The molecule has 0 saturated heterocycles. The fraction of sp³-hybridized carbons (Fsp3) is 0.294. The Hall–Kier alpha value is -1.60. The molecule has 0 aromatic heterocycles. The highest BCUT2D eigenvalue weighted by Crippen LogP contribution is 2.30. The molecule has 2 rings (SSSR count). The third-order valence-electron chi connectivity index (χ3n) is 3.26. The van der Waals surface area contributed by atoms with Crippen LogP contribution < -0.4 is 5.73 Å². The highest BCUT2D eigenvalue weighted by Gasteiger charge is 2.09. The standard InChI is InChI=1S/C17H21N/c1-13(2)16-9-8-14(10-11-18)12-17(16)15-6-4-3-5-7-15/h3-9,12-13H,10-11,18H2,1-2H3. The number of nitrogens with two attached hydrogens (primary N) is 1. The summed E-state index contributed by atoms with van der Waals surface area (Å²) in [5.41, 5.74) is 11.0. The van der Waals surface area contributed by atoms with Crippen LogP contribution in [0.25, 0.3) is 11.1 Å². The number of hydrogen-bond donors (Lipinski definition) is 1. The quantitative estimate of drug-likeness (QED) is 0.858. The maximum atomic E-state index is 5.65. The summed E-state index contributed by atoms with van der Waals surface area (Å²) in [6, 6.07) is 17.3. The van der Waals surface area contributed by atoms with Crippen molar-refractivity contribution >= 4 is 0 Å². The zero-order chi connectivity index (χ0) is 13.0. The van der Waals surface area contributed by atoms with Crippen molar-refractivity contribution in [2.24, 2.45) is 5.73 Å². The first-order valence-corrected chi connectivity index (χ1v) is 6.60. The predicted octanol–water partition coefficient (Wildman–Crippen LogP) is 3.98. The predicted molar refractivity (Wildman–Crippen MR) is 78.7 cm³/mol. The molecule has 1 nitrogen and oxygen atoms in total. The van der Waals surface area contributed by atoms with Crippen LogP contribution in [0.4, 0.5) is 0 Å². The minimum Gasteiger partial charge on any atom is -0.330 e. The molecule has 2 aromatic rings. The number of hydrogen-bond acceptors (Lipinski definition) is 1. The Morgan fingerprint density at radius 3 is 2.33 bits per heavy atom. The van der Waals surface area contributed by atoms with E-state index in [1.807, 2.05) is 0 Å². The molecule has 2 N–H and O–H groups in total. The lowest BCUT2D eigenvalue weighted by Crippen LogP contribution is -2.03. The molecule has 0 aliphatic rings. The van der Waals surface area contributed by atoms with Crippen LogP contribution in [0.3, 0.4) is 0 Å². The zero-order valence-corrected chi connectivity index (χ0v) is 11.2. The van der Waals surface area contributed by atoms with Gasteiger partial charge in [-0.25, -0.2) is 0 Å². The third kappa shape index (κ3) is 2.80. The van der Waals surface area contributed by atoms with Gasteiger partial charge in [0.1, 0.15) is 0 Å². The lowest BCUT2D eigenvalue weighted by Gasteiger charge is -2.15. The maximum absolute atomic E-state index is 5.65. The molecule has 0 amide bonds. The summed E-state index contributed by atoms with van der Waals surface area (Å²) >= 11 is 0. The lowest BCUT2D eigenvalue weighted by atomic mass is 9.90. The SMILES string of the molecule is CC(C)c1ccc(CCN)cc1-c1ccccc1. The minimum atomic E-state index is 0.534. The van der Waals surface area contributed by atoms with Crippen LogP contribution in [0.15, 0.2) is 48.5 Å². The Bertz CT molecular complexity index is 500. The van der Waals surface area contributed by atoms with Crippen molar-refractivity contribution in [3.63, 3.8) is 0 Å². The summed E-state index contributed by atoms with van der Waals surface area (Å²) in [6.07, 6.45) is 0.943. The van der Waals surface area contributed by atoms with Crippen molar-refractivity contribution in [1.82, 2.24) is 0 Å². The van der Waals surface area contributed by atoms with E-state index in [1.54, 1.807) is 0 Å². The van der Waals surface area contributed by atoms with Gasteiger partial charge >= 0.3 is 0 Å².